The zero-order chi connectivity index (χ0) is 10.8. The van der Waals surface area contributed by atoms with Crippen molar-refractivity contribution in [2.45, 2.75) is 25.7 Å². The first kappa shape index (κ1) is 9.96. The first-order valence-corrected chi connectivity index (χ1v) is 5.06. The van der Waals surface area contributed by atoms with Gasteiger partial charge in [-0.15, -0.1) is 0 Å². The minimum Gasteiger partial charge on any atom is -0.461 e. The summed E-state index contributed by atoms with van der Waals surface area (Å²) in [6, 6.07) is 0. The molecule has 1 aromatic heterocycles. The maximum absolute atomic E-state index is 11.5. The number of hydrogen-bond acceptors (Lipinski definition) is 4. The van der Waals surface area contributed by atoms with Crippen molar-refractivity contribution < 1.29 is 13.9 Å². The molecule has 0 spiro atoms. The van der Waals surface area contributed by atoms with Crippen molar-refractivity contribution in [3.8, 4) is 0 Å². The second kappa shape index (κ2) is 3.88. The van der Waals surface area contributed by atoms with Gasteiger partial charge in [-0.25, -0.2) is 9.78 Å². The zero-order valence-electron chi connectivity index (χ0n) is 8.66. The molecule has 0 aromatic carbocycles. The van der Waals surface area contributed by atoms with Gasteiger partial charge in [0.1, 0.15) is 0 Å². The second-order valence-electron chi connectivity index (χ2n) is 3.46. The van der Waals surface area contributed by atoms with Gasteiger partial charge in [-0.05, 0) is 25.8 Å². The fourth-order valence-electron chi connectivity index (χ4n) is 1.34. The summed E-state index contributed by atoms with van der Waals surface area (Å²) in [6.45, 7) is 5.68. The Balaban J connectivity index is 2.27. The average molecular weight is 207 g/mol. The molecule has 0 N–H and O–H groups in total. The van der Waals surface area contributed by atoms with Crippen molar-refractivity contribution in [3.63, 3.8) is 0 Å². The molecule has 1 aromatic rings. The number of carbonyl (C=O) groups excluding carboxylic acids is 1. The molecule has 4 nitrogen and oxygen atoms in total. The molecule has 1 aliphatic carbocycles. The molecule has 1 heterocycles. The highest BCUT2D eigenvalue weighted by atomic mass is 16.5. The van der Waals surface area contributed by atoms with Crippen LogP contribution in [0.4, 0.5) is 0 Å². The summed E-state index contributed by atoms with van der Waals surface area (Å²) in [5, 5.41) is 0. The molecule has 4 heteroatoms. The van der Waals surface area contributed by atoms with Gasteiger partial charge in [0, 0.05) is 5.92 Å². The van der Waals surface area contributed by atoms with Crippen molar-refractivity contribution in [2.24, 2.45) is 0 Å². The van der Waals surface area contributed by atoms with E-state index in [1.165, 1.54) is 6.08 Å². The first-order valence-electron chi connectivity index (χ1n) is 5.06. The number of hydrogen-bond donors (Lipinski definition) is 0. The van der Waals surface area contributed by atoms with Gasteiger partial charge in [-0.3, -0.25) is 0 Å². The van der Waals surface area contributed by atoms with Crippen molar-refractivity contribution in [1.82, 2.24) is 4.98 Å². The van der Waals surface area contributed by atoms with Gasteiger partial charge in [0.2, 0.25) is 0 Å². The Labute approximate surface area is 87.9 Å². The van der Waals surface area contributed by atoms with Gasteiger partial charge >= 0.3 is 5.97 Å². The number of oxazole rings is 1. The van der Waals surface area contributed by atoms with E-state index in [2.05, 4.69) is 11.6 Å². The zero-order valence-corrected chi connectivity index (χ0v) is 8.66. The van der Waals surface area contributed by atoms with Crippen LogP contribution in [0.5, 0.6) is 0 Å². The number of nitrogens with zero attached hydrogens (tertiary/aromatic N) is 1. The van der Waals surface area contributed by atoms with Crippen LogP contribution in [0.3, 0.4) is 0 Å². The molecule has 0 aliphatic heterocycles. The number of esters is 1. The lowest BCUT2D eigenvalue weighted by atomic mass is 10.3. The van der Waals surface area contributed by atoms with Crippen LogP contribution >= 0.6 is 0 Å². The standard InChI is InChI=1S/C11H13NO3/c1-3-8-9(11(13)14-4-2)12-10(15-8)7-5-6-7/h3,7H,1,4-6H2,2H3. The summed E-state index contributed by atoms with van der Waals surface area (Å²) in [4.78, 5) is 15.6. The van der Waals surface area contributed by atoms with Crippen LogP contribution in [0.1, 0.15) is 47.8 Å². The highest BCUT2D eigenvalue weighted by Crippen LogP contribution is 2.40. The van der Waals surface area contributed by atoms with Crippen molar-refractivity contribution in [1.29, 1.82) is 0 Å². The molecule has 15 heavy (non-hydrogen) atoms. The van der Waals surface area contributed by atoms with Gasteiger partial charge in [-0.1, -0.05) is 6.58 Å². The normalized spacial score (nSPS) is 15.0. The molecule has 1 fully saturated rings. The highest BCUT2D eigenvalue weighted by molar-refractivity contribution is 5.90. The molecule has 0 atom stereocenters. The summed E-state index contributed by atoms with van der Waals surface area (Å²) >= 11 is 0. The third-order valence-corrected chi connectivity index (χ3v) is 2.25. The van der Waals surface area contributed by atoms with Gasteiger partial charge in [0.25, 0.3) is 0 Å². The molecular formula is C11H13NO3. The van der Waals surface area contributed by atoms with Crippen molar-refractivity contribution >= 4 is 12.0 Å². The van der Waals surface area contributed by atoms with E-state index in [1.54, 1.807) is 6.92 Å². The van der Waals surface area contributed by atoms with Crippen LogP contribution < -0.4 is 0 Å². The molecule has 0 unspecified atom stereocenters. The van der Waals surface area contributed by atoms with E-state index in [0.717, 1.165) is 12.8 Å². The van der Waals surface area contributed by atoms with Crippen molar-refractivity contribution in [2.75, 3.05) is 6.61 Å². The third kappa shape index (κ3) is 1.93. The van der Waals surface area contributed by atoms with Crippen LogP contribution in [0.25, 0.3) is 6.08 Å². The largest absolute Gasteiger partial charge is 0.461 e. The van der Waals surface area contributed by atoms with Gasteiger partial charge in [0.15, 0.2) is 17.3 Å². The molecule has 0 radical (unpaired) electrons. The molecular weight excluding hydrogens is 194 g/mol. The Morgan fingerprint density at radius 3 is 3.00 bits per heavy atom. The summed E-state index contributed by atoms with van der Waals surface area (Å²) in [5.41, 5.74) is 0.244. The lowest BCUT2D eigenvalue weighted by molar-refractivity contribution is 0.0519. The fourth-order valence-corrected chi connectivity index (χ4v) is 1.34. The summed E-state index contributed by atoms with van der Waals surface area (Å²) < 4.78 is 10.3. The van der Waals surface area contributed by atoms with Gasteiger partial charge in [0.05, 0.1) is 6.61 Å². The van der Waals surface area contributed by atoms with Crippen molar-refractivity contribution in [3.05, 3.63) is 23.9 Å². The summed E-state index contributed by atoms with van der Waals surface area (Å²) in [6.07, 6.45) is 3.66. The Morgan fingerprint density at radius 1 is 1.73 bits per heavy atom. The smallest absolute Gasteiger partial charge is 0.360 e. The van der Waals surface area contributed by atoms with Crippen LogP contribution in [-0.4, -0.2) is 17.6 Å². The second-order valence-corrected chi connectivity index (χ2v) is 3.46. The Bertz CT molecular complexity index is 391. The SMILES string of the molecule is C=Cc1oc(C2CC2)nc1C(=O)OCC. The predicted octanol–water partition coefficient (Wildman–Crippen LogP) is 2.37. The third-order valence-electron chi connectivity index (χ3n) is 2.25. The number of carbonyl (C=O) groups is 1. The molecule has 1 aliphatic rings. The Kier molecular flexibility index (Phi) is 2.58. The predicted molar refractivity (Wildman–Crippen MR) is 54.5 cm³/mol. The molecule has 80 valence electrons. The topological polar surface area (TPSA) is 52.3 Å². The van der Waals surface area contributed by atoms with Crippen LogP contribution in [0, 0.1) is 0 Å². The first-order chi connectivity index (χ1) is 7.26. The fraction of sp³-hybridized carbons (Fsp3) is 0.455. The van der Waals surface area contributed by atoms with E-state index in [0.29, 0.717) is 24.2 Å². The van der Waals surface area contributed by atoms with Gasteiger partial charge in [-0.2, -0.15) is 0 Å². The minimum absolute atomic E-state index is 0.244. The monoisotopic (exact) mass is 207 g/mol. The molecule has 0 amide bonds. The van der Waals surface area contributed by atoms with E-state index in [1.807, 2.05) is 0 Å². The quantitative estimate of drug-likeness (QED) is 0.711. The minimum atomic E-state index is -0.442. The Morgan fingerprint density at radius 2 is 2.47 bits per heavy atom. The van der Waals surface area contributed by atoms with E-state index >= 15 is 0 Å². The maximum Gasteiger partial charge on any atom is 0.360 e. The summed E-state index contributed by atoms with van der Waals surface area (Å²) in [7, 11) is 0. The van der Waals surface area contributed by atoms with E-state index < -0.39 is 5.97 Å². The molecule has 1 saturated carbocycles. The average Bonchev–Trinajstić information content (AvgIpc) is 2.98. The number of ether oxygens (including phenoxy) is 1. The molecule has 0 saturated heterocycles. The number of aromatic nitrogens is 1. The maximum atomic E-state index is 11.5. The Hall–Kier alpha value is -1.58. The lowest BCUT2D eigenvalue weighted by Gasteiger charge is -1.96. The van der Waals surface area contributed by atoms with E-state index in [9.17, 15) is 4.79 Å². The van der Waals surface area contributed by atoms with Gasteiger partial charge < -0.3 is 9.15 Å². The summed E-state index contributed by atoms with van der Waals surface area (Å²) in [5.74, 6) is 0.984. The van der Waals surface area contributed by atoms with E-state index in [-0.39, 0.29) is 5.69 Å². The number of rotatable bonds is 4. The van der Waals surface area contributed by atoms with E-state index in [4.69, 9.17) is 9.15 Å². The highest BCUT2D eigenvalue weighted by Gasteiger charge is 2.31. The lowest BCUT2D eigenvalue weighted by Crippen LogP contribution is -2.06. The molecule has 2 rings (SSSR count). The van der Waals surface area contributed by atoms with Crippen LogP contribution in [0.2, 0.25) is 0 Å². The van der Waals surface area contributed by atoms with Crippen LogP contribution in [0.15, 0.2) is 11.0 Å². The van der Waals surface area contributed by atoms with Crippen LogP contribution in [-0.2, 0) is 4.74 Å². The molecule has 0 bridgehead atoms.